The van der Waals surface area contributed by atoms with Gasteiger partial charge in [-0.2, -0.15) is 0 Å². The predicted octanol–water partition coefficient (Wildman–Crippen LogP) is 4.33. The van der Waals surface area contributed by atoms with Crippen LogP contribution in [0.4, 0.5) is 10.8 Å². The Hall–Kier alpha value is -2.99. The number of aromatic nitrogens is 1. The van der Waals surface area contributed by atoms with Crippen molar-refractivity contribution in [1.82, 2.24) is 4.98 Å². The van der Waals surface area contributed by atoms with E-state index in [1.807, 2.05) is 18.2 Å². The lowest BCUT2D eigenvalue weighted by Gasteiger charge is -2.06. The number of hydrogen-bond donors (Lipinski definition) is 2. The maximum atomic E-state index is 12.5. The van der Waals surface area contributed by atoms with Gasteiger partial charge in [-0.15, -0.1) is 11.3 Å². The summed E-state index contributed by atoms with van der Waals surface area (Å²) in [5, 5.41) is 6.27. The number of anilines is 2. The van der Waals surface area contributed by atoms with Gasteiger partial charge in [0.05, 0.1) is 0 Å². The third-order valence-corrected chi connectivity index (χ3v) is 5.25. The van der Waals surface area contributed by atoms with Crippen molar-refractivity contribution >= 4 is 34.0 Å². The fourth-order valence-corrected chi connectivity index (χ4v) is 3.58. The lowest BCUT2D eigenvalue weighted by atomic mass is 10.1. The molecule has 1 aromatic heterocycles. The number of thiazole rings is 1. The van der Waals surface area contributed by atoms with E-state index in [1.165, 1.54) is 16.9 Å². The average Bonchev–Trinajstić information content (AvgIpc) is 3.45. The first-order valence-electron chi connectivity index (χ1n) is 8.88. The highest BCUT2D eigenvalue weighted by atomic mass is 32.1. The molecular formula is C21H19N3O2S. The summed E-state index contributed by atoms with van der Waals surface area (Å²) in [5.41, 5.74) is 2.34. The Morgan fingerprint density at radius 2 is 1.85 bits per heavy atom. The summed E-state index contributed by atoms with van der Waals surface area (Å²) in [7, 11) is 0. The molecule has 2 N–H and O–H groups in total. The van der Waals surface area contributed by atoms with E-state index in [1.54, 1.807) is 30.5 Å². The topological polar surface area (TPSA) is 71.1 Å². The molecule has 1 saturated carbocycles. The Balaban J connectivity index is 1.39. The second kappa shape index (κ2) is 7.72. The Morgan fingerprint density at radius 1 is 1.04 bits per heavy atom. The number of rotatable bonds is 6. The molecule has 1 heterocycles. The largest absolute Gasteiger partial charge is 0.326 e. The summed E-state index contributed by atoms with van der Waals surface area (Å²) >= 11 is 1.46. The van der Waals surface area contributed by atoms with Crippen molar-refractivity contribution < 1.29 is 9.59 Å². The molecular weight excluding hydrogens is 358 g/mol. The van der Waals surface area contributed by atoms with Crippen molar-refractivity contribution in [1.29, 1.82) is 0 Å². The van der Waals surface area contributed by atoms with E-state index in [-0.39, 0.29) is 17.7 Å². The fourth-order valence-electron chi connectivity index (χ4n) is 2.74. The highest BCUT2D eigenvalue weighted by Crippen LogP contribution is 2.30. The van der Waals surface area contributed by atoms with Gasteiger partial charge >= 0.3 is 0 Å². The second-order valence-electron chi connectivity index (χ2n) is 6.59. The molecule has 1 aliphatic rings. The van der Waals surface area contributed by atoms with Crippen LogP contribution in [0.25, 0.3) is 0 Å². The molecule has 136 valence electrons. The monoisotopic (exact) mass is 377 g/mol. The highest BCUT2D eigenvalue weighted by molar-refractivity contribution is 7.15. The van der Waals surface area contributed by atoms with Crippen LogP contribution < -0.4 is 10.6 Å². The van der Waals surface area contributed by atoms with Crippen molar-refractivity contribution in [3.63, 3.8) is 0 Å². The molecule has 0 unspecified atom stereocenters. The van der Waals surface area contributed by atoms with E-state index < -0.39 is 0 Å². The summed E-state index contributed by atoms with van der Waals surface area (Å²) in [6.45, 7) is 0. The van der Waals surface area contributed by atoms with Crippen LogP contribution in [-0.4, -0.2) is 16.8 Å². The molecule has 1 fully saturated rings. The summed E-state index contributed by atoms with van der Waals surface area (Å²) in [6, 6.07) is 17.1. The first-order valence-corrected chi connectivity index (χ1v) is 9.70. The van der Waals surface area contributed by atoms with Gasteiger partial charge in [0.2, 0.25) is 5.91 Å². The Morgan fingerprint density at radius 3 is 2.63 bits per heavy atom. The van der Waals surface area contributed by atoms with Gasteiger partial charge in [0.25, 0.3) is 5.91 Å². The summed E-state index contributed by atoms with van der Waals surface area (Å²) in [5.74, 6) is -0.0861. The van der Waals surface area contributed by atoms with Crippen LogP contribution in [0, 0.1) is 5.92 Å². The van der Waals surface area contributed by atoms with Gasteiger partial charge in [0, 0.05) is 34.7 Å². The van der Waals surface area contributed by atoms with Crippen molar-refractivity contribution in [2.24, 2.45) is 5.92 Å². The Bertz CT molecular complexity index is 964. The molecule has 0 aliphatic heterocycles. The highest BCUT2D eigenvalue weighted by Gasteiger charge is 2.29. The zero-order valence-corrected chi connectivity index (χ0v) is 15.5. The third kappa shape index (κ3) is 4.60. The lowest BCUT2D eigenvalue weighted by molar-refractivity contribution is -0.117. The van der Waals surface area contributed by atoms with E-state index in [0.717, 1.165) is 24.1 Å². The molecule has 0 spiro atoms. The number of hydrogen-bond acceptors (Lipinski definition) is 4. The molecule has 0 bridgehead atoms. The van der Waals surface area contributed by atoms with Gasteiger partial charge in [-0.1, -0.05) is 36.4 Å². The number of carbonyl (C=O) groups excluding carboxylic acids is 2. The minimum atomic E-state index is -0.238. The first kappa shape index (κ1) is 17.4. The number of nitrogens with zero attached hydrogens (tertiary/aromatic N) is 1. The van der Waals surface area contributed by atoms with E-state index in [4.69, 9.17) is 0 Å². The molecule has 0 atom stereocenters. The number of benzene rings is 2. The van der Waals surface area contributed by atoms with Gasteiger partial charge in [-0.05, 0) is 36.6 Å². The van der Waals surface area contributed by atoms with E-state index in [9.17, 15) is 9.59 Å². The van der Waals surface area contributed by atoms with Crippen LogP contribution >= 0.6 is 11.3 Å². The van der Waals surface area contributed by atoms with E-state index in [2.05, 4.69) is 27.8 Å². The average molecular weight is 377 g/mol. The van der Waals surface area contributed by atoms with Crippen LogP contribution in [0.5, 0.6) is 0 Å². The standard InChI is InChI=1S/C21H19N3O2S/c25-19(15-9-10-15)23-17-8-4-7-16(12-17)20(26)24-21-22-13-18(27-21)11-14-5-2-1-3-6-14/h1-8,12-13,15H,9-11H2,(H,23,25)(H,22,24,26). The van der Waals surface area contributed by atoms with Gasteiger partial charge in [0.1, 0.15) is 0 Å². The van der Waals surface area contributed by atoms with Gasteiger partial charge in [0.15, 0.2) is 5.13 Å². The molecule has 3 aromatic rings. The van der Waals surface area contributed by atoms with Crippen molar-refractivity contribution in [2.75, 3.05) is 10.6 Å². The molecule has 4 rings (SSSR count). The number of amides is 2. The van der Waals surface area contributed by atoms with Crippen LogP contribution in [0.15, 0.2) is 60.8 Å². The third-order valence-electron chi connectivity index (χ3n) is 4.34. The molecule has 27 heavy (non-hydrogen) atoms. The van der Waals surface area contributed by atoms with E-state index >= 15 is 0 Å². The zero-order valence-electron chi connectivity index (χ0n) is 14.6. The van der Waals surface area contributed by atoms with Crippen molar-refractivity contribution in [3.05, 3.63) is 76.8 Å². The van der Waals surface area contributed by atoms with Crippen molar-refractivity contribution in [2.45, 2.75) is 19.3 Å². The molecule has 5 nitrogen and oxygen atoms in total. The minimum Gasteiger partial charge on any atom is -0.326 e. The first-order chi connectivity index (χ1) is 13.2. The Kier molecular flexibility index (Phi) is 4.98. The van der Waals surface area contributed by atoms with Crippen LogP contribution in [0.3, 0.4) is 0 Å². The molecule has 0 saturated heterocycles. The molecule has 2 amide bonds. The molecule has 0 radical (unpaired) electrons. The minimum absolute atomic E-state index is 0.0260. The van der Waals surface area contributed by atoms with Crippen LogP contribution in [0.1, 0.15) is 33.6 Å². The zero-order chi connectivity index (χ0) is 18.6. The SMILES string of the molecule is O=C(Nc1ncc(Cc2ccccc2)s1)c1cccc(NC(=O)C2CC2)c1. The predicted molar refractivity (Wildman–Crippen MR) is 107 cm³/mol. The van der Waals surface area contributed by atoms with Crippen molar-refractivity contribution in [3.8, 4) is 0 Å². The molecule has 1 aliphatic carbocycles. The van der Waals surface area contributed by atoms with Crippen LogP contribution in [-0.2, 0) is 11.2 Å². The fraction of sp³-hybridized carbons (Fsp3) is 0.190. The molecule has 2 aromatic carbocycles. The quantitative estimate of drug-likeness (QED) is 0.671. The summed E-state index contributed by atoms with van der Waals surface area (Å²) < 4.78 is 0. The second-order valence-corrected chi connectivity index (χ2v) is 7.71. The van der Waals surface area contributed by atoms with Gasteiger partial charge in [-0.3, -0.25) is 14.9 Å². The normalized spacial score (nSPS) is 13.2. The maximum absolute atomic E-state index is 12.5. The lowest BCUT2D eigenvalue weighted by Crippen LogP contribution is -2.15. The summed E-state index contributed by atoms with van der Waals surface area (Å²) in [4.78, 5) is 29.8. The smallest absolute Gasteiger partial charge is 0.257 e. The van der Waals surface area contributed by atoms with Crippen LogP contribution in [0.2, 0.25) is 0 Å². The molecule has 6 heteroatoms. The maximum Gasteiger partial charge on any atom is 0.257 e. The summed E-state index contributed by atoms with van der Waals surface area (Å²) in [6.07, 6.45) is 4.47. The van der Waals surface area contributed by atoms with E-state index in [0.29, 0.717) is 16.4 Å². The van der Waals surface area contributed by atoms with Gasteiger partial charge in [-0.25, -0.2) is 4.98 Å². The Labute approximate surface area is 161 Å². The number of nitrogens with one attached hydrogen (secondary N) is 2. The van der Waals surface area contributed by atoms with Gasteiger partial charge < -0.3 is 5.32 Å². The number of carbonyl (C=O) groups is 2.